The number of aryl methyl sites for hydroxylation is 1. The summed E-state index contributed by atoms with van der Waals surface area (Å²) in [5.74, 6) is 0. The Labute approximate surface area is 144 Å². The highest BCUT2D eigenvalue weighted by molar-refractivity contribution is 7.86. The molecule has 0 aliphatic rings. The third-order valence-corrected chi connectivity index (χ3v) is 6.32. The standard InChI is InChI=1S/C15H26NO6PS/c1-5-14-8-10-15(11-9-14)24(18,19)22-12-13(4)16-23(17,20-6-2)21-7-3/h8-11,13H,5-7,12H2,1-4H3,(H,16,17)/t13-/m1/s1. The molecule has 0 radical (unpaired) electrons. The van der Waals surface area contributed by atoms with Crippen LogP contribution < -0.4 is 5.09 Å². The second kappa shape index (κ2) is 9.65. The van der Waals surface area contributed by atoms with Crippen LogP contribution in [0.4, 0.5) is 0 Å². The van der Waals surface area contributed by atoms with Crippen molar-refractivity contribution in [3.05, 3.63) is 29.8 Å². The van der Waals surface area contributed by atoms with Crippen molar-refractivity contribution in [2.75, 3.05) is 19.8 Å². The molecule has 1 aromatic carbocycles. The Morgan fingerprint density at radius 2 is 1.62 bits per heavy atom. The summed E-state index contributed by atoms with van der Waals surface area (Å²) in [6.07, 6.45) is 0.826. The average Bonchev–Trinajstić information content (AvgIpc) is 2.53. The molecule has 1 N–H and O–H groups in total. The van der Waals surface area contributed by atoms with Crippen LogP contribution in [0.5, 0.6) is 0 Å². The first-order chi connectivity index (χ1) is 11.3. The number of hydrogen-bond donors (Lipinski definition) is 1. The minimum absolute atomic E-state index is 0.0877. The molecule has 0 aromatic heterocycles. The van der Waals surface area contributed by atoms with Gasteiger partial charge in [0, 0.05) is 6.04 Å². The van der Waals surface area contributed by atoms with Crippen molar-refractivity contribution in [1.29, 1.82) is 0 Å². The molecule has 1 rings (SSSR count). The molecule has 0 saturated heterocycles. The van der Waals surface area contributed by atoms with Gasteiger partial charge in [-0.05, 0) is 44.9 Å². The van der Waals surface area contributed by atoms with Crippen molar-refractivity contribution in [2.24, 2.45) is 0 Å². The van der Waals surface area contributed by atoms with Gasteiger partial charge in [0.1, 0.15) is 0 Å². The van der Waals surface area contributed by atoms with E-state index in [0.29, 0.717) is 0 Å². The molecule has 0 fully saturated rings. The summed E-state index contributed by atoms with van der Waals surface area (Å²) < 4.78 is 51.9. The van der Waals surface area contributed by atoms with E-state index >= 15 is 0 Å². The first-order valence-corrected chi connectivity index (χ1v) is 10.9. The Kier molecular flexibility index (Phi) is 8.56. The predicted octanol–water partition coefficient (Wildman–Crippen LogP) is 3.11. The fourth-order valence-electron chi connectivity index (χ4n) is 1.91. The Balaban J connectivity index is 2.67. The summed E-state index contributed by atoms with van der Waals surface area (Å²) in [6.45, 7) is 7.24. The van der Waals surface area contributed by atoms with Crippen LogP contribution >= 0.6 is 7.75 Å². The summed E-state index contributed by atoms with van der Waals surface area (Å²) in [6, 6.07) is 5.97. The van der Waals surface area contributed by atoms with Crippen LogP contribution in [0.1, 0.15) is 33.3 Å². The lowest BCUT2D eigenvalue weighted by molar-refractivity contribution is 0.199. The summed E-state index contributed by atoms with van der Waals surface area (Å²) >= 11 is 0. The van der Waals surface area contributed by atoms with Gasteiger partial charge in [0.2, 0.25) is 0 Å². The Morgan fingerprint density at radius 3 is 2.08 bits per heavy atom. The van der Waals surface area contributed by atoms with Crippen LogP contribution in [-0.2, 0) is 34.3 Å². The largest absolute Gasteiger partial charge is 0.405 e. The molecule has 0 spiro atoms. The molecule has 0 unspecified atom stereocenters. The number of benzene rings is 1. The lowest BCUT2D eigenvalue weighted by Gasteiger charge is -2.21. The van der Waals surface area contributed by atoms with Crippen molar-refractivity contribution in [2.45, 2.75) is 45.1 Å². The molecule has 1 aromatic rings. The SMILES string of the molecule is CCOP(=O)(N[C@H](C)COS(=O)(=O)c1ccc(CC)cc1)OCC. The van der Waals surface area contributed by atoms with Crippen LogP contribution in [0.15, 0.2) is 29.2 Å². The number of nitrogens with one attached hydrogen (secondary N) is 1. The molecule has 1 atom stereocenters. The maximum atomic E-state index is 12.3. The molecule has 0 heterocycles. The minimum Gasteiger partial charge on any atom is -0.297 e. The lowest BCUT2D eigenvalue weighted by atomic mass is 10.2. The highest BCUT2D eigenvalue weighted by atomic mass is 32.2. The van der Waals surface area contributed by atoms with E-state index in [4.69, 9.17) is 13.2 Å². The van der Waals surface area contributed by atoms with Gasteiger partial charge in [-0.15, -0.1) is 0 Å². The molecular formula is C15H26NO6PS. The molecular weight excluding hydrogens is 353 g/mol. The molecule has 0 saturated carbocycles. The Morgan fingerprint density at radius 1 is 1.08 bits per heavy atom. The van der Waals surface area contributed by atoms with Gasteiger partial charge in [0.15, 0.2) is 0 Å². The van der Waals surface area contributed by atoms with Crippen LogP contribution in [0.2, 0.25) is 0 Å². The molecule has 7 nitrogen and oxygen atoms in total. The second-order valence-electron chi connectivity index (χ2n) is 5.10. The first kappa shape index (κ1) is 21.3. The Bertz CT molecular complexity index is 636. The normalized spacial score (nSPS) is 13.8. The topological polar surface area (TPSA) is 90.9 Å². The molecule has 24 heavy (non-hydrogen) atoms. The Hall–Kier alpha value is -0.760. The summed E-state index contributed by atoms with van der Waals surface area (Å²) in [4.78, 5) is 0.0877. The van der Waals surface area contributed by atoms with Gasteiger partial charge >= 0.3 is 7.75 Å². The van der Waals surface area contributed by atoms with Gasteiger partial charge in [-0.25, -0.2) is 9.65 Å². The van der Waals surface area contributed by atoms with Crippen molar-refractivity contribution < 1.29 is 26.2 Å². The van der Waals surface area contributed by atoms with E-state index in [0.717, 1.165) is 12.0 Å². The second-order valence-corrected chi connectivity index (χ2v) is 8.48. The zero-order chi connectivity index (χ0) is 18.2. The zero-order valence-corrected chi connectivity index (χ0v) is 16.2. The van der Waals surface area contributed by atoms with Gasteiger partial charge in [-0.1, -0.05) is 19.1 Å². The van der Waals surface area contributed by atoms with E-state index < -0.39 is 23.9 Å². The maximum absolute atomic E-state index is 12.3. The third kappa shape index (κ3) is 6.63. The molecule has 9 heteroatoms. The summed E-state index contributed by atoms with van der Waals surface area (Å²) in [7, 11) is -7.34. The molecule has 0 amide bonds. The van der Waals surface area contributed by atoms with Gasteiger partial charge in [0.25, 0.3) is 10.1 Å². The van der Waals surface area contributed by atoms with Crippen molar-refractivity contribution >= 4 is 17.9 Å². The predicted molar refractivity (Wildman–Crippen MR) is 92.4 cm³/mol. The molecule has 0 bridgehead atoms. The molecule has 138 valence electrons. The van der Waals surface area contributed by atoms with Gasteiger partial charge < -0.3 is 0 Å². The van der Waals surface area contributed by atoms with Crippen LogP contribution in [-0.4, -0.2) is 34.3 Å². The van der Waals surface area contributed by atoms with Crippen molar-refractivity contribution in [1.82, 2.24) is 5.09 Å². The van der Waals surface area contributed by atoms with E-state index in [1.165, 1.54) is 12.1 Å². The van der Waals surface area contributed by atoms with Crippen LogP contribution in [0.25, 0.3) is 0 Å². The highest BCUT2D eigenvalue weighted by Crippen LogP contribution is 2.43. The van der Waals surface area contributed by atoms with Gasteiger partial charge in [-0.2, -0.15) is 8.42 Å². The maximum Gasteiger partial charge on any atom is 0.405 e. The lowest BCUT2D eigenvalue weighted by Crippen LogP contribution is -2.30. The van der Waals surface area contributed by atoms with Gasteiger partial charge in [-0.3, -0.25) is 13.2 Å². The van der Waals surface area contributed by atoms with Crippen molar-refractivity contribution in [3.63, 3.8) is 0 Å². The van der Waals surface area contributed by atoms with Crippen LogP contribution in [0, 0.1) is 0 Å². The smallest absolute Gasteiger partial charge is 0.297 e. The van der Waals surface area contributed by atoms with E-state index in [-0.39, 0.29) is 24.7 Å². The van der Waals surface area contributed by atoms with E-state index in [1.54, 1.807) is 32.9 Å². The average molecular weight is 379 g/mol. The monoisotopic (exact) mass is 379 g/mol. The van der Waals surface area contributed by atoms with Gasteiger partial charge in [0.05, 0.1) is 24.7 Å². The molecule has 0 aliphatic carbocycles. The highest BCUT2D eigenvalue weighted by Gasteiger charge is 2.27. The zero-order valence-electron chi connectivity index (χ0n) is 14.5. The summed E-state index contributed by atoms with van der Waals surface area (Å²) in [5.41, 5.74) is 1.04. The summed E-state index contributed by atoms with van der Waals surface area (Å²) in [5, 5.41) is 2.66. The quantitative estimate of drug-likeness (QED) is 0.466. The number of rotatable bonds is 11. The number of hydrogen-bond acceptors (Lipinski definition) is 6. The van der Waals surface area contributed by atoms with E-state index in [9.17, 15) is 13.0 Å². The van der Waals surface area contributed by atoms with E-state index in [2.05, 4.69) is 5.09 Å². The fourth-order valence-corrected chi connectivity index (χ4v) is 4.42. The minimum atomic E-state index is -3.87. The molecule has 0 aliphatic heterocycles. The fraction of sp³-hybridized carbons (Fsp3) is 0.600. The van der Waals surface area contributed by atoms with Crippen LogP contribution in [0.3, 0.4) is 0 Å². The first-order valence-electron chi connectivity index (χ1n) is 7.91. The van der Waals surface area contributed by atoms with E-state index in [1.807, 2.05) is 6.92 Å². The third-order valence-electron chi connectivity index (χ3n) is 3.07. The van der Waals surface area contributed by atoms with Crippen molar-refractivity contribution in [3.8, 4) is 0 Å².